The van der Waals surface area contributed by atoms with E-state index in [0.717, 1.165) is 31.7 Å². The molecule has 3 aromatic carbocycles. The Morgan fingerprint density at radius 2 is 1.77 bits per heavy atom. The summed E-state index contributed by atoms with van der Waals surface area (Å²) in [6.07, 6.45) is -0.647. The van der Waals surface area contributed by atoms with Gasteiger partial charge in [0.15, 0.2) is 0 Å². The topological polar surface area (TPSA) is 82.5 Å². The first-order chi connectivity index (χ1) is 16.5. The molecule has 0 unspecified atom stereocenters. The van der Waals surface area contributed by atoms with Crippen LogP contribution in [0.1, 0.15) is 33.2 Å². The number of hydrogen-bond donors (Lipinski definition) is 1. The van der Waals surface area contributed by atoms with Gasteiger partial charge in [-0.25, -0.2) is 4.98 Å². The van der Waals surface area contributed by atoms with E-state index >= 15 is 0 Å². The van der Waals surface area contributed by atoms with Crippen molar-refractivity contribution in [3.63, 3.8) is 0 Å². The summed E-state index contributed by atoms with van der Waals surface area (Å²) in [5.74, 6) is -0.960. The molecular formula is C28H22NNaO4S. The van der Waals surface area contributed by atoms with Gasteiger partial charge in [-0.05, 0) is 54.1 Å². The minimum Gasteiger partial charge on any atom is -0.545 e. The molecule has 0 bridgehead atoms. The summed E-state index contributed by atoms with van der Waals surface area (Å²) in [6, 6.07) is 22.6. The number of hydrogen-bond acceptors (Lipinski definition) is 6. The zero-order valence-electron chi connectivity index (χ0n) is 19.7. The van der Waals surface area contributed by atoms with E-state index in [1.807, 2.05) is 68.4 Å². The van der Waals surface area contributed by atoms with Crippen LogP contribution >= 0.6 is 11.3 Å². The molecule has 0 saturated heterocycles. The third kappa shape index (κ3) is 4.73. The van der Waals surface area contributed by atoms with Crippen LogP contribution in [-0.2, 0) is 0 Å². The van der Waals surface area contributed by atoms with E-state index in [1.54, 1.807) is 23.5 Å². The Hall–Kier alpha value is -2.74. The number of carboxylic acid groups (broad SMARTS) is 1. The largest absolute Gasteiger partial charge is 1.00 e. The first kappa shape index (κ1) is 25.4. The number of aryl methyl sites for hydroxylation is 2. The third-order valence-electron chi connectivity index (χ3n) is 6.03. The number of carbonyl (C=O) groups is 1. The Balaban J connectivity index is 0.00000289. The summed E-state index contributed by atoms with van der Waals surface area (Å²) >= 11 is 1.59. The standard InChI is InChI=1S/C28H23NO4S.Na/c1-16-12-13-22(33-23(15-30)18-8-4-3-5-9-18)25-20(28(31)32)14-21(29-26(16)25)27-17(2)19-10-6-7-11-24(19)34-27;/h3-14,23,30H,15H2,1-2H3,(H,31,32);/q;+1/p-1/t23-;/m1./s1. The monoisotopic (exact) mass is 491 g/mol. The quantitative estimate of drug-likeness (QED) is 0.369. The summed E-state index contributed by atoms with van der Waals surface area (Å²) in [4.78, 5) is 18.1. The van der Waals surface area contributed by atoms with Gasteiger partial charge < -0.3 is 19.7 Å². The normalized spacial score (nSPS) is 11.9. The number of aliphatic hydroxyl groups is 1. The molecule has 0 fully saturated rings. The van der Waals surface area contributed by atoms with Crippen LogP contribution in [0.5, 0.6) is 5.75 Å². The minimum atomic E-state index is -1.30. The van der Waals surface area contributed by atoms with Crippen LogP contribution in [0.25, 0.3) is 31.6 Å². The van der Waals surface area contributed by atoms with Gasteiger partial charge in [-0.2, -0.15) is 0 Å². The van der Waals surface area contributed by atoms with Crippen molar-refractivity contribution in [2.45, 2.75) is 20.0 Å². The van der Waals surface area contributed by atoms with Gasteiger partial charge in [0.05, 0.1) is 34.1 Å². The van der Waals surface area contributed by atoms with E-state index in [-0.39, 0.29) is 41.7 Å². The van der Waals surface area contributed by atoms with Crippen LogP contribution < -0.4 is 39.4 Å². The molecule has 170 valence electrons. The molecule has 0 aliphatic rings. The second kappa shape index (κ2) is 10.5. The number of aromatic nitrogens is 1. The molecule has 7 heteroatoms. The maximum absolute atomic E-state index is 12.3. The van der Waals surface area contributed by atoms with Crippen LogP contribution in [0.3, 0.4) is 0 Å². The molecule has 1 N–H and O–H groups in total. The number of pyridine rings is 1. The first-order valence-electron chi connectivity index (χ1n) is 10.9. The smallest absolute Gasteiger partial charge is 0.545 e. The van der Waals surface area contributed by atoms with E-state index in [4.69, 9.17) is 9.72 Å². The number of ether oxygens (including phenoxy) is 1. The van der Waals surface area contributed by atoms with E-state index in [9.17, 15) is 15.0 Å². The predicted octanol–water partition coefficient (Wildman–Crippen LogP) is 2.21. The SMILES string of the molecule is Cc1c(-c2cc(C(=O)[O-])c3c(O[C@H](CO)c4ccccc4)ccc(C)c3n2)sc2ccccc12.[Na+]. The maximum atomic E-state index is 12.3. The van der Waals surface area contributed by atoms with E-state index < -0.39 is 12.1 Å². The number of aromatic carboxylic acids is 1. The second-order valence-electron chi connectivity index (χ2n) is 8.20. The number of thiophene rings is 1. The molecule has 0 aliphatic heterocycles. The predicted molar refractivity (Wildman–Crippen MR) is 133 cm³/mol. The van der Waals surface area contributed by atoms with E-state index in [2.05, 4.69) is 6.07 Å². The molecule has 35 heavy (non-hydrogen) atoms. The number of nitrogens with zero attached hydrogens (tertiary/aromatic N) is 1. The zero-order chi connectivity index (χ0) is 23.8. The van der Waals surface area contributed by atoms with Crippen molar-refractivity contribution in [3.05, 3.63) is 95.1 Å². The Bertz CT molecular complexity index is 1530. The van der Waals surface area contributed by atoms with Crippen molar-refractivity contribution >= 4 is 38.3 Å². The van der Waals surface area contributed by atoms with Crippen molar-refractivity contribution in [1.82, 2.24) is 4.98 Å². The molecular weight excluding hydrogens is 469 g/mol. The number of carbonyl (C=O) groups excluding carboxylic acids is 1. The summed E-state index contributed by atoms with van der Waals surface area (Å²) in [5.41, 5.74) is 3.82. The fourth-order valence-corrected chi connectivity index (χ4v) is 5.44. The molecule has 5 nitrogen and oxygen atoms in total. The van der Waals surface area contributed by atoms with Crippen molar-refractivity contribution in [2.75, 3.05) is 6.61 Å². The van der Waals surface area contributed by atoms with Crippen molar-refractivity contribution in [1.29, 1.82) is 0 Å². The summed E-state index contributed by atoms with van der Waals surface area (Å²) in [5, 5.41) is 23.8. The fourth-order valence-electron chi connectivity index (χ4n) is 4.27. The molecule has 1 atom stereocenters. The molecule has 0 aliphatic carbocycles. The average Bonchev–Trinajstić information content (AvgIpc) is 3.20. The Labute approximate surface area is 229 Å². The van der Waals surface area contributed by atoms with Gasteiger partial charge in [-0.15, -0.1) is 11.3 Å². The third-order valence-corrected chi connectivity index (χ3v) is 7.32. The van der Waals surface area contributed by atoms with Gasteiger partial charge in [0.1, 0.15) is 11.9 Å². The van der Waals surface area contributed by atoms with Gasteiger partial charge in [0, 0.05) is 10.3 Å². The zero-order valence-corrected chi connectivity index (χ0v) is 22.6. The molecule has 2 aromatic heterocycles. The fraction of sp³-hybridized carbons (Fsp3) is 0.143. The van der Waals surface area contributed by atoms with Crippen molar-refractivity contribution in [3.8, 4) is 16.3 Å². The summed E-state index contributed by atoms with van der Waals surface area (Å²) in [7, 11) is 0. The van der Waals surface area contributed by atoms with Crippen LogP contribution in [0.4, 0.5) is 0 Å². The van der Waals surface area contributed by atoms with Gasteiger partial charge in [0.2, 0.25) is 0 Å². The molecule has 2 heterocycles. The molecule has 5 rings (SSSR count). The van der Waals surface area contributed by atoms with Gasteiger partial charge in [-0.1, -0.05) is 54.6 Å². The summed E-state index contributed by atoms with van der Waals surface area (Å²) in [6.45, 7) is 3.66. The van der Waals surface area contributed by atoms with Crippen molar-refractivity contribution in [2.24, 2.45) is 0 Å². The van der Waals surface area contributed by atoms with Crippen molar-refractivity contribution < 1.29 is 49.3 Å². The number of aliphatic hydroxyl groups excluding tert-OH is 1. The maximum Gasteiger partial charge on any atom is 1.00 e. The van der Waals surface area contributed by atoms with Crippen LogP contribution in [0.15, 0.2) is 72.8 Å². The Morgan fingerprint density at radius 3 is 2.46 bits per heavy atom. The molecule has 0 spiro atoms. The van der Waals surface area contributed by atoms with Gasteiger partial charge in [-0.3, -0.25) is 0 Å². The number of carboxylic acids is 1. The van der Waals surface area contributed by atoms with E-state index in [1.165, 1.54) is 0 Å². The average molecular weight is 492 g/mol. The molecule has 0 amide bonds. The molecule has 0 saturated carbocycles. The Kier molecular flexibility index (Phi) is 7.59. The molecule has 5 aromatic rings. The van der Waals surface area contributed by atoms with Crippen LogP contribution in [0.2, 0.25) is 0 Å². The van der Waals surface area contributed by atoms with Crippen LogP contribution in [-0.4, -0.2) is 22.7 Å². The van der Waals surface area contributed by atoms with Gasteiger partial charge >= 0.3 is 29.6 Å². The first-order valence-corrected chi connectivity index (χ1v) is 11.8. The van der Waals surface area contributed by atoms with E-state index in [0.29, 0.717) is 22.3 Å². The second-order valence-corrected chi connectivity index (χ2v) is 9.25. The molecule has 0 radical (unpaired) electrons. The number of benzene rings is 3. The number of rotatable bonds is 6. The van der Waals surface area contributed by atoms with Crippen LogP contribution in [0, 0.1) is 13.8 Å². The van der Waals surface area contributed by atoms with Gasteiger partial charge in [0.25, 0.3) is 0 Å². The summed E-state index contributed by atoms with van der Waals surface area (Å²) < 4.78 is 7.27. The number of fused-ring (bicyclic) bond motifs is 2. The minimum absolute atomic E-state index is 0. The Morgan fingerprint density at radius 1 is 1.06 bits per heavy atom.